The molecule has 10 heteroatoms. The van der Waals surface area contributed by atoms with Crippen LogP contribution in [-0.4, -0.2) is 64.7 Å². The first-order valence-corrected chi connectivity index (χ1v) is 10.9. The number of hydrogen-bond acceptors (Lipinski definition) is 5. The molecular formula is C15H23N3O5S2. The van der Waals surface area contributed by atoms with Crippen LogP contribution in [0.15, 0.2) is 34.1 Å². The van der Waals surface area contributed by atoms with E-state index in [0.717, 1.165) is 0 Å². The minimum atomic E-state index is -3.82. The first-order chi connectivity index (χ1) is 11.6. The van der Waals surface area contributed by atoms with Crippen molar-refractivity contribution in [3.05, 3.63) is 24.3 Å². The van der Waals surface area contributed by atoms with Crippen molar-refractivity contribution in [1.29, 1.82) is 0 Å². The fourth-order valence-electron chi connectivity index (χ4n) is 2.73. The van der Waals surface area contributed by atoms with Gasteiger partial charge in [-0.3, -0.25) is 4.79 Å². The van der Waals surface area contributed by atoms with Crippen molar-refractivity contribution < 1.29 is 21.6 Å². The highest BCUT2D eigenvalue weighted by atomic mass is 32.2. The van der Waals surface area contributed by atoms with Crippen LogP contribution in [0.2, 0.25) is 0 Å². The van der Waals surface area contributed by atoms with E-state index >= 15 is 0 Å². The lowest BCUT2D eigenvalue weighted by atomic mass is 10.3. The standard InChI is InChI=1S/C15H23N3O5S2/c1-4-18(5-2)25(22,23)14-8-6-13(7-9-14)24(20,21)16-12-10-15(19)17(3)11-12/h6-9,12,16H,4-5,10-11H2,1-3H3. The number of nitrogens with one attached hydrogen (secondary N) is 1. The second-order valence-corrected chi connectivity index (χ2v) is 9.51. The van der Waals surface area contributed by atoms with Gasteiger partial charge in [-0.05, 0) is 24.3 Å². The molecular weight excluding hydrogens is 366 g/mol. The fraction of sp³-hybridized carbons (Fsp3) is 0.533. The third-order valence-electron chi connectivity index (χ3n) is 4.14. The van der Waals surface area contributed by atoms with Gasteiger partial charge in [0.1, 0.15) is 0 Å². The number of amides is 1. The smallest absolute Gasteiger partial charge is 0.243 e. The topological polar surface area (TPSA) is 104 Å². The van der Waals surface area contributed by atoms with Crippen LogP contribution < -0.4 is 4.72 Å². The zero-order chi connectivity index (χ0) is 18.8. The summed E-state index contributed by atoms with van der Waals surface area (Å²) < 4.78 is 53.4. The van der Waals surface area contributed by atoms with Crippen LogP contribution in [0, 0.1) is 0 Å². The molecule has 1 atom stereocenters. The second kappa shape index (κ2) is 7.40. The van der Waals surface area contributed by atoms with Gasteiger partial charge in [-0.1, -0.05) is 13.8 Å². The van der Waals surface area contributed by atoms with Crippen LogP contribution >= 0.6 is 0 Å². The number of likely N-dealkylation sites (tertiary alicyclic amines) is 1. The molecule has 25 heavy (non-hydrogen) atoms. The SMILES string of the molecule is CCN(CC)S(=O)(=O)c1ccc(S(=O)(=O)NC2CC(=O)N(C)C2)cc1. The zero-order valence-electron chi connectivity index (χ0n) is 14.5. The normalized spacial score (nSPS) is 19.0. The summed E-state index contributed by atoms with van der Waals surface area (Å²) in [6.07, 6.45) is 0.115. The number of carbonyl (C=O) groups excluding carboxylic acids is 1. The molecule has 140 valence electrons. The lowest BCUT2D eigenvalue weighted by Gasteiger charge is -2.18. The molecule has 1 aliphatic rings. The van der Waals surface area contributed by atoms with Gasteiger partial charge in [-0.15, -0.1) is 0 Å². The minimum absolute atomic E-state index is 0.0343. The molecule has 1 aromatic rings. The number of hydrogen-bond donors (Lipinski definition) is 1. The summed E-state index contributed by atoms with van der Waals surface area (Å²) in [5, 5.41) is 0. The van der Waals surface area contributed by atoms with Gasteiger partial charge < -0.3 is 4.90 Å². The summed E-state index contributed by atoms with van der Waals surface area (Å²) in [5.74, 6) is -0.117. The van der Waals surface area contributed by atoms with E-state index < -0.39 is 26.1 Å². The van der Waals surface area contributed by atoms with E-state index in [-0.39, 0.29) is 22.1 Å². The van der Waals surface area contributed by atoms with E-state index in [0.29, 0.717) is 19.6 Å². The Balaban J connectivity index is 2.20. The summed E-state index contributed by atoms with van der Waals surface area (Å²) in [5.41, 5.74) is 0. The Morgan fingerprint density at radius 1 is 1.08 bits per heavy atom. The maximum absolute atomic E-state index is 12.4. The first-order valence-electron chi connectivity index (χ1n) is 7.98. The number of carbonyl (C=O) groups is 1. The predicted octanol–water partition coefficient (Wildman–Crippen LogP) is 0.226. The van der Waals surface area contributed by atoms with Gasteiger partial charge in [0.25, 0.3) is 0 Å². The summed E-state index contributed by atoms with van der Waals surface area (Å²) in [7, 11) is -5.84. The molecule has 1 heterocycles. The molecule has 1 aromatic carbocycles. The van der Waals surface area contributed by atoms with Gasteiger partial charge in [0.2, 0.25) is 26.0 Å². The average molecular weight is 389 g/mol. The van der Waals surface area contributed by atoms with Gasteiger partial charge in [-0.2, -0.15) is 4.31 Å². The van der Waals surface area contributed by atoms with E-state index in [1.165, 1.54) is 33.5 Å². The molecule has 1 saturated heterocycles. The van der Waals surface area contributed by atoms with E-state index in [4.69, 9.17) is 0 Å². The Morgan fingerprint density at radius 3 is 2.04 bits per heavy atom. The van der Waals surface area contributed by atoms with E-state index in [9.17, 15) is 21.6 Å². The number of benzene rings is 1. The highest BCUT2D eigenvalue weighted by molar-refractivity contribution is 7.89. The maximum Gasteiger partial charge on any atom is 0.243 e. The zero-order valence-corrected chi connectivity index (χ0v) is 16.1. The summed E-state index contributed by atoms with van der Waals surface area (Å²) in [6.45, 7) is 4.47. The lowest BCUT2D eigenvalue weighted by Crippen LogP contribution is -2.36. The first kappa shape index (κ1) is 19.8. The van der Waals surface area contributed by atoms with Crippen molar-refractivity contribution in [2.24, 2.45) is 0 Å². The van der Waals surface area contributed by atoms with Crippen molar-refractivity contribution in [3.63, 3.8) is 0 Å². The predicted molar refractivity (Wildman–Crippen MR) is 92.9 cm³/mol. The van der Waals surface area contributed by atoms with Crippen molar-refractivity contribution in [2.45, 2.75) is 36.1 Å². The third kappa shape index (κ3) is 4.20. The average Bonchev–Trinajstić information content (AvgIpc) is 2.85. The highest BCUT2D eigenvalue weighted by Gasteiger charge is 2.31. The molecule has 1 unspecified atom stereocenters. The largest absolute Gasteiger partial charge is 0.344 e. The molecule has 8 nitrogen and oxygen atoms in total. The van der Waals surface area contributed by atoms with Crippen LogP contribution in [0.25, 0.3) is 0 Å². The Hall–Kier alpha value is -1.49. The van der Waals surface area contributed by atoms with Gasteiger partial charge in [0, 0.05) is 39.1 Å². The summed E-state index contributed by atoms with van der Waals surface area (Å²) in [6, 6.07) is 4.61. The summed E-state index contributed by atoms with van der Waals surface area (Å²) >= 11 is 0. The van der Waals surface area contributed by atoms with E-state index in [1.807, 2.05) is 0 Å². The van der Waals surface area contributed by atoms with Crippen molar-refractivity contribution in [3.8, 4) is 0 Å². The summed E-state index contributed by atoms with van der Waals surface area (Å²) in [4.78, 5) is 13.0. The second-order valence-electron chi connectivity index (χ2n) is 5.86. The minimum Gasteiger partial charge on any atom is -0.344 e. The highest BCUT2D eigenvalue weighted by Crippen LogP contribution is 2.19. The fourth-order valence-corrected chi connectivity index (χ4v) is 5.42. The molecule has 0 radical (unpaired) electrons. The van der Waals surface area contributed by atoms with Gasteiger partial charge in [0.05, 0.1) is 9.79 Å². The number of rotatable bonds is 7. The Bertz CT molecular complexity index is 830. The van der Waals surface area contributed by atoms with Gasteiger partial charge >= 0.3 is 0 Å². The molecule has 0 saturated carbocycles. The van der Waals surface area contributed by atoms with Crippen LogP contribution in [0.3, 0.4) is 0 Å². The Kier molecular flexibility index (Phi) is 5.87. The quantitative estimate of drug-likeness (QED) is 0.719. The van der Waals surface area contributed by atoms with Crippen LogP contribution in [0.1, 0.15) is 20.3 Å². The molecule has 1 N–H and O–H groups in total. The molecule has 0 bridgehead atoms. The molecule has 1 aliphatic heterocycles. The van der Waals surface area contributed by atoms with E-state index in [1.54, 1.807) is 20.9 Å². The number of likely N-dealkylation sites (N-methyl/N-ethyl adjacent to an activating group) is 1. The molecule has 2 rings (SSSR count). The van der Waals surface area contributed by atoms with Crippen LogP contribution in [-0.2, 0) is 24.8 Å². The van der Waals surface area contributed by atoms with Gasteiger partial charge in [-0.25, -0.2) is 21.6 Å². The molecule has 1 amide bonds. The van der Waals surface area contributed by atoms with Crippen LogP contribution in [0.4, 0.5) is 0 Å². The number of nitrogens with zero attached hydrogens (tertiary/aromatic N) is 2. The van der Waals surface area contributed by atoms with E-state index in [2.05, 4.69) is 4.72 Å². The van der Waals surface area contributed by atoms with Crippen molar-refractivity contribution >= 4 is 26.0 Å². The Labute approximate surface area is 148 Å². The van der Waals surface area contributed by atoms with Crippen LogP contribution in [0.5, 0.6) is 0 Å². The third-order valence-corrected chi connectivity index (χ3v) is 7.74. The van der Waals surface area contributed by atoms with Crippen molar-refractivity contribution in [1.82, 2.24) is 13.9 Å². The molecule has 1 fully saturated rings. The molecule has 0 spiro atoms. The van der Waals surface area contributed by atoms with Gasteiger partial charge in [0.15, 0.2) is 0 Å². The maximum atomic E-state index is 12.4. The molecule has 0 aromatic heterocycles. The van der Waals surface area contributed by atoms with Crippen molar-refractivity contribution in [2.75, 3.05) is 26.7 Å². The number of sulfonamides is 2. The lowest BCUT2D eigenvalue weighted by molar-refractivity contribution is -0.126. The monoisotopic (exact) mass is 389 g/mol. The Morgan fingerprint density at radius 2 is 1.60 bits per heavy atom. The molecule has 0 aliphatic carbocycles.